The zero-order valence-corrected chi connectivity index (χ0v) is 11.6. The first kappa shape index (κ1) is 12.8. The maximum absolute atomic E-state index is 8.70. The van der Waals surface area contributed by atoms with Gasteiger partial charge in [0.05, 0.1) is 6.61 Å². The molecule has 2 aromatic rings. The maximum Gasteiger partial charge on any atom is 0.206 e. The number of aliphatic hydroxyl groups excluding tert-OH is 1. The average Bonchev–Trinajstić information content (AvgIpc) is 2.98. The lowest BCUT2D eigenvalue weighted by molar-refractivity contribution is 0.322. The molecular weight excluding hydrogens is 274 g/mol. The minimum atomic E-state index is 0.172. The monoisotopic (exact) mass is 287 g/mol. The Kier molecular flexibility index (Phi) is 5.24. The Morgan fingerprint density at radius 1 is 1.41 bits per heavy atom. The van der Waals surface area contributed by atoms with Crippen LogP contribution in [0.25, 0.3) is 0 Å². The van der Waals surface area contributed by atoms with Crippen molar-refractivity contribution in [3.63, 3.8) is 0 Å². The van der Waals surface area contributed by atoms with Gasteiger partial charge in [0.1, 0.15) is 0 Å². The second-order valence-electron chi connectivity index (χ2n) is 3.20. The number of thiophene rings is 1. The first-order valence-corrected chi connectivity index (χ1v) is 7.90. The van der Waals surface area contributed by atoms with Gasteiger partial charge in [0.2, 0.25) is 5.13 Å². The number of aliphatic hydroxyl groups is 1. The van der Waals surface area contributed by atoms with E-state index >= 15 is 0 Å². The van der Waals surface area contributed by atoms with Crippen molar-refractivity contribution < 1.29 is 5.11 Å². The summed E-state index contributed by atoms with van der Waals surface area (Å²) < 4.78 is 0.901. The van der Waals surface area contributed by atoms with E-state index in [0.717, 1.165) is 22.4 Å². The minimum Gasteiger partial charge on any atom is -0.396 e. The lowest BCUT2D eigenvalue weighted by Gasteiger charge is -1.98. The van der Waals surface area contributed by atoms with Crippen LogP contribution in [0.1, 0.15) is 4.88 Å². The van der Waals surface area contributed by atoms with Crippen molar-refractivity contribution >= 4 is 39.6 Å². The van der Waals surface area contributed by atoms with Gasteiger partial charge < -0.3 is 10.4 Å². The number of nitrogens with one attached hydrogen (secondary N) is 1. The van der Waals surface area contributed by atoms with Gasteiger partial charge in [-0.15, -0.1) is 21.5 Å². The molecule has 0 spiro atoms. The van der Waals surface area contributed by atoms with Crippen molar-refractivity contribution in [3.05, 3.63) is 22.4 Å². The summed E-state index contributed by atoms with van der Waals surface area (Å²) in [6.07, 6.45) is 1.01. The summed E-state index contributed by atoms with van der Waals surface area (Å²) in [4.78, 5) is 1.37. The van der Waals surface area contributed by atoms with Gasteiger partial charge in [-0.1, -0.05) is 29.2 Å². The number of hydrogen-bond donors (Lipinski definition) is 2. The molecule has 0 saturated carbocycles. The zero-order chi connectivity index (χ0) is 11.9. The third-order valence-corrected chi connectivity index (χ3v) is 4.88. The number of rotatable bonds is 7. The highest BCUT2D eigenvalue weighted by Crippen LogP contribution is 2.24. The molecule has 2 aromatic heterocycles. The third kappa shape index (κ3) is 4.27. The fourth-order valence-electron chi connectivity index (χ4n) is 1.22. The standard InChI is InChI=1S/C10H13N3OS3/c14-5-7-16-10-13-12-9(17-10)11-4-3-8-2-1-6-15-8/h1-2,6,14H,3-5,7H2,(H,11,12). The van der Waals surface area contributed by atoms with Crippen molar-refractivity contribution in [3.8, 4) is 0 Å². The van der Waals surface area contributed by atoms with Gasteiger partial charge in [-0.05, 0) is 17.9 Å². The van der Waals surface area contributed by atoms with Crippen LogP contribution in [0.15, 0.2) is 21.9 Å². The molecule has 0 bridgehead atoms. The SMILES string of the molecule is OCCSc1nnc(NCCc2cccs2)s1. The molecule has 7 heteroatoms. The molecule has 2 N–H and O–H groups in total. The minimum absolute atomic E-state index is 0.172. The van der Waals surface area contributed by atoms with E-state index in [0.29, 0.717) is 5.75 Å². The van der Waals surface area contributed by atoms with Gasteiger partial charge in [-0.3, -0.25) is 0 Å². The molecule has 17 heavy (non-hydrogen) atoms. The summed E-state index contributed by atoms with van der Waals surface area (Å²) in [5, 5.41) is 23.0. The molecule has 0 radical (unpaired) electrons. The van der Waals surface area contributed by atoms with Crippen molar-refractivity contribution in [2.24, 2.45) is 0 Å². The normalized spacial score (nSPS) is 10.6. The Morgan fingerprint density at radius 3 is 3.12 bits per heavy atom. The van der Waals surface area contributed by atoms with Gasteiger partial charge in [-0.2, -0.15) is 0 Å². The smallest absolute Gasteiger partial charge is 0.206 e. The van der Waals surface area contributed by atoms with Crippen LogP contribution in [0, 0.1) is 0 Å². The highest BCUT2D eigenvalue weighted by molar-refractivity contribution is 8.01. The van der Waals surface area contributed by atoms with Crippen LogP contribution in [0.5, 0.6) is 0 Å². The van der Waals surface area contributed by atoms with E-state index in [1.807, 2.05) is 0 Å². The molecule has 92 valence electrons. The van der Waals surface area contributed by atoms with E-state index in [4.69, 9.17) is 5.11 Å². The molecule has 0 atom stereocenters. The molecule has 2 heterocycles. The van der Waals surface area contributed by atoms with Crippen LogP contribution in [-0.4, -0.2) is 34.2 Å². The van der Waals surface area contributed by atoms with Gasteiger partial charge in [0.15, 0.2) is 4.34 Å². The summed E-state index contributed by atoms with van der Waals surface area (Å²) >= 11 is 4.83. The molecule has 4 nitrogen and oxygen atoms in total. The van der Waals surface area contributed by atoms with Crippen LogP contribution in [-0.2, 0) is 6.42 Å². The summed E-state index contributed by atoms with van der Waals surface area (Å²) in [5.41, 5.74) is 0. The summed E-state index contributed by atoms with van der Waals surface area (Å²) in [6, 6.07) is 4.20. The van der Waals surface area contributed by atoms with Crippen LogP contribution in [0.2, 0.25) is 0 Å². The van der Waals surface area contributed by atoms with Crippen LogP contribution in [0.3, 0.4) is 0 Å². The summed E-state index contributed by atoms with van der Waals surface area (Å²) in [7, 11) is 0. The topological polar surface area (TPSA) is 58.0 Å². The fourth-order valence-corrected chi connectivity index (χ4v) is 3.52. The Hall–Kier alpha value is -0.630. The predicted molar refractivity (Wildman–Crippen MR) is 74.2 cm³/mol. The maximum atomic E-state index is 8.70. The van der Waals surface area contributed by atoms with Crippen molar-refractivity contribution in [1.29, 1.82) is 0 Å². The molecule has 0 amide bonds. The highest BCUT2D eigenvalue weighted by atomic mass is 32.2. The Morgan fingerprint density at radius 2 is 2.35 bits per heavy atom. The highest BCUT2D eigenvalue weighted by Gasteiger charge is 2.03. The molecule has 2 rings (SSSR count). The summed E-state index contributed by atoms with van der Waals surface area (Å²) in [5.74, 6) is 0.670. The Balaban J connectivity index is 1.73. The van der Waals surface area contributed by atoms with Crippen LogP contribution in [0.4, 0.5) is 5.13 Å². The van der Waals surface area contributed by atoms with E-state index < -0.39 is 0 Å². The van der Waals surface area contributed by atoms with E-state index in [9.17, 15) is 0 Å². The van der Waals surface area contributed by atoms with Crippen molar-refractivity contribution in [2.45, 2.75) is 10.8 Å². The van der Waals surface area contributed by atoms with E-state index in [-0.39, 0.29) is 6.61 Å². The number of hydrogen-bond acceptors (Lipinski definition) is 7. The van der Waals surface area contributed by atoms with Crippen molar-refractivity contribution in [1.82, 2.24) is 10.2 Å². The molecule has 0 unspecified atom stereocenters. The second-order valence-corrected chi connectivity index (χ2v) is 6.55. The van der Waals surface area contributed by atoms with Gasteiger partial charge >= 0.3 is 0 Å². The molecule has 0 saturated heterocycles. The number of nitrogens with zero attached hydrogens (tertiary/aromatic N) is 2. The third-order valence-electron chi connectivity index (χ3n) is 1.95. The van der Waals surface area contributed by atoms with E-state index in [1.54, 1.807) is 11.3 Å². The number of thioether (sulfide) groups is 1. The first-order chi connectivity index (χ1) is 8.38. The molecule has 0 aliphatic carbocycles. The quantitative estimate of drug-likeness (QED) is 0.766. The van der Waals surface area contributed by atoms with Gasteiger partial charge in [0.25, 0.3) is 0 Å². The average molecular weight is 287 g/mol. The summed E-state index contributed by atoms with van der Waals surface area (Å²) in [6.45, 7) is 1.05. The number of anilines is 1. The van der Waals surface area contributed by atoms with E-state index in [2.05, 4.69) is 33.0 Å². The number of aromatic nitrogens is 2. The lowest BCUT2D eigenvalue weighted by atomic mass is 10.3. The lowest BCUT2D eigenvalue weighted by Crippen LogP contribution is -2.03. The fraction of sp³-hybridized carbons (Fsp3) is 0.400. The molecule has 0 aliphatic rings. The van der Waals surface area contributed by atoms with Gasteiger partial charge in [0, 0.05) is 17.2 Å². The largest absolute Gasteiger partial charge is 0.396 e. The van der Waals surface area contributed by atoms with Crippen LogP contribution < -0.4 is 5.32 Å². The van der Waals surface area contributed by atoms with E-state index in [1.165, 1.54) is 28.0 Å². The molecule has 0 aromatic carbocycles. The second kappa shape index (κ2) is 6.95. The van der Waals surface area contributed by atoms with Crippen LogP contribution >= 0.6 is 34.4 Å². The molecule has 0 fully saturated rings. The zero-order valence-electron chi connectivity index (χ0n) is 9.13. The molecule has 0 aliphatic heterocycles. The first-order valence-electron chi connectivity index (χ1n) is 5.22. The Labute approximate surface area is 112 Å². The Bertz CT molecular complexity index is 430. The van der Waals surface area contributed by atoms with Crippen molar-refractivity contribution in [2.75, 3.05) is 24.2 Å². The molecular formula is C10H13N3OS3. The predicted octanol–water partition coefficient (Wildman–Crippen LogP) is 2.34. The van der Waals surface area contributed by atoms with Gasteiger partial charge in [-0.25, -0.2) is 0 Å².